The molecule has 2 rings (SSSR count). The molecule has 1 fully saturated rings. The summed E-state index contributed by atoms with van der Waals surface area (Å²) in [6.45, 7) is 1.72. The summed E-state index contributed by atoms with van der Waals surface area (Å²) in [6, 6.07) is 3.60. The minimum absolute atomic E-state index is 0.0249. The molecule has 0 aromatic carbocycles. The number of likely N-dealkylation sites (tertiary alicyclic amines) is 1. The number of furan rings is 1. The average Bonchev–Trinajstić information content (AvgIpc) is 2.85. The summed E-state index contributed by atoms with van der Waals surface area (Å²) >= 11 is 0. The minimum atomic E-state index is -0.0704. The van der Waals surface area contributed by atoms with E-state index in [1.165, 1.54) is 6.42 Å². The number of amides is 1. The van der Waals surface area contributed by atoms with Crippen molar-refractivity contribution in [1.82, 2.24) is 9.80 Å². The Labute approximate surface area is 120 Å². The lowest BCUT2D eigenvalue weighted by atomic mass is 10.1. The highest BCUT2D eigenvalue weighted by Crippen LogP contribution is 2.18. The van der Waals surface area contributed by atoms with E-state index in [4.69, 9.17) is 4.42 Å². The van der Waals surface area contributed by atoms with Crippen molar-refractivity contribution < 1.29 is 14.3 Å². The fourth-order valence-electron chi connectivity index (χ4n) is 2.75. The second-order valence-corrected chi connectivity index (χ2v) is 5.41. The number of carbonyl (C=O) groups excluding carboxylic acids is 1. The Morgan fingerprint density at radius 3 is 3.05 bits per heavy atom. The third kappa shape index (κ3) is 3.84. The normalized spacial score (nSPS) is 20.6. The Bertz CT molecular complexity index is 405. The summed E-state index contributed by atoms with van der Waals surface area (Å²) in [5.74, 6) is 0.850. The van der Waals surface area contributed by atoms with E-state index in [0.29, 0.717) is 13.1 Å². The van der Waals surface area contributed by atoms with Crippen LogP contribution in [0.15, 0.2) is 22.8 Å². The standard InChI is InChI=1S/C15H24N2O3/c1-16-8-4-2-3-7-14(16)15(19)17(9-10-18)12-13-6-5-11-20-13/h5-6,11,14,18H,2-4,7-10,12H2,1H3/t14-/m1/s1. The Morgan fingerprint density at radius 2 is 2.35 bits per heavy atom. The molecule has 0 unspecified atom stereocenters. The predicted molar refractivity (Wildman–Crippen MR) is 76.1 cm³/mol. The number of hydrogen-bond acceptors (Lipinski definition) is 4. The van der Waals surface area contributed by atoms with Crippen molar-refractivity contribution in [2.45, 2.75) is 38.3 Å². The number of nitrogens with zero attached hydrogens (tertiary/aromatic N) is 2. The molecule has 5 nitrogen and oxygen atoms in total. The van der Waals surface area contributed by atoms with Gasteiger partial charge in [-0.25, -0.2) is 0 Å². The molecule has 1 atom stereocenters. The van der Waals surface area contributed by atoms with Crippen molar-refractivity contribution in [1.29, 1.82) is 0 Å². The lowest BCUT2D eigenvalue weighted by Crippen LogP contribution is -2.47. The zero-order chi connectivity index (χ0) is 14.4. The van der Waals surface area contributed by atoms with Crippen LogP contribution in [-0.4, -0.2) is 53.6 Å². The highest BCUT2D eigenvalue weighted by Gasteiger charge is 2.28. The molecule has 0 saturated carbocycles. The molecule has 1 N–H and O–H groups in total. The van der Waals surface area contributed by atoms with E-state index in [0.717, 1.165) is 31.6 Å². The SMILES string of the molecule is CN1CCCCC[C@@H]1C(=O)N(CCO)Cc1ccco1. The zero-order valence-corrected chi connectivity index (χ0v) is 12.1. The van der Waals surface area contributed by atoms with Crippen molar-refractivity contribution in [3.8, 4) is 0 Å². The van der Waals surface area contributed by atoms with Gasteiger partial charge in [-0.05, 0) is 38.6 Å². The zero-order valence-electron chi connectivity index (χ0n) is 12.1. The minimum Gasteiger partial charge on any atom is -0.467 e. The largest absolute Gasteiger partial charge is 0.467 e. The van der Waals surface area contributed by atoms with Crippen LogP contribution in [0.1, 0.15) is 31.4 Å². The van der Waals surface area contributed by atoms with Crippen LogP contribution >= 0.6 is 0 Å². The Kier molecular flexibility index (Phi) is 5.61. The maximum Gasteiger partial charge on any atom is 0.240 e. The Morgan fingerprint density at radius 1 is 1.50 bits per heavy atom. The molecule has 1 amide bonds. The fourth-order valence-corrected chi connectivity index (χ4v) is 2.75. The van der Waals surface area contributed by atoms with E-state index in [2.05, 4.69) is 4.90 Å². The molecule has 2 heterocycles. The molecule has 1 aliphatic rings. The highest BCUT2D eigenvalue weighted by atomic mass is 16.3. The number of carbonyl (C=O) groups is 1. The predicted octanol–water partition coefficient (Wildman–Crippen LogP) is 1.47. The molecule has 1 aromatic rings. The van der Waals surface area contributed by atoms with E-state index in [1.54, 1.807) is 11.2 Å². The van der Waals surface area contributed by atoms with Crippen molar-refractivity contribution in [2.24, 2.45) is 0 Å². The van der Waals surface area contributed by atoms with Crippen molar-refractivity contribution in [3.05, 3.63) is 24.2 Å². The van der Waals surface area contributed by atoms with E-state index < -0.39 is 0 Å². The number of likely N-dealkylation sites (N-methyl/N-ethyl adjacent to an activating group) is 1. The number of hydrogen-bond donors (Lipinski definition) is 1. The first-order valence-corrected chi connectivity index (χ1v) is 7.34. The van der Waals surface area contributed by atoms with Gasteiger partial charge in [0.2, 0.25) is 5.91 Å². The average molecular weight is 280 g/mol. The maximum atomic E-state index is 12.7. The van der Waals surface area contributed by atoms with Crippen molar-refractivity contribution in [2.75, 3.05) is 26.7 Å². The highest BCUT2D eigenvalue weighted by molar-refractivity contribution is 5.81. The van der Waals surface area contributed by atoms with E-state index >= 15 is 0 Å². The number of rotatable bonds is 5. The van der Waals surface area contributed by atoms with Gasteiger partial charge in [-0.2, -0.15) is 0 Å². The molecular weight excluding hydrogens is 256 g/mol. The monoisotopic (exact) mass is 280 g/mol. The summed E-state index contributed by atoms with van der Waals surface area (Å²) in [5, 5.41) is 9.20. The first-order chi connectivity index (χ1) is 9.72. The topological polar surface area (TPSA) is 56.9 Å². The molecule has 1 aromatic heterocycles. The van der Waals surface area contributed by atoms with Crippen LogP contribution in [0, 0.1) is 0 Å². The van der Waals surface area contributed by atoms with Crippen LogP contribution in [0.4, 0.5) is 0 Å². The van der Waals surface area contributed by atoms with Gasteiger partial charge in [-0.3, -0.25) is 9.69 Å². The third-order valence-electron chi connectivity index (χ3n) is 3.91. The lowest BCUT2D eigenvalue weighted by Gasteiger charge is -2.30. The number of aliphatic hydroxyl groups excluding tert-OH is 1. The van der Waals surface area contributed by atoms with Gasteiger partial charge >= 0.3 is 0 Å². The van der Waals surface area contributed by atoms with Crippen LogP contribution in [0.3, 0.4) is 0 Å². The number of aliphatic hydroxyl groups is 1. The van der Waals surface area contributed by atoms with Crippen LogP contribution in [-0.2, 0) is 11.3 Å². The Hall–Kier alpha value is -1.33. The molecule has 112 valence electrons. The first kappa shape index (κ1) is 15.1. The van der Waals surface area contributed by atoms with Gasteiger partial charge < -0.3 is 14.4 Å². The van der Waals surface area contributed by atoms with Gasteiger partial charge in [0.15, 0.2) is 0 Å². The molecule has 0 spiro atoms. The van der Waals surface area contributed by atoms with E-state index in [-0.39, 0.29) is 18.6 Å². The van der Waals surface area contributed by atoms with Crippen LogP contribution in [0.2, 0.25) is 0 Å². The molecule has 0 bridgehead atoms. The van der Waals surface area contributed by atoms with Gasteiger partial charge in [-0.1, -0.05) is 12.8 Å². The lowest BCUT2D eigenvalue weighted by molar-refractivity contribution is -0.138. The fraction of sp³-hybridized carbons (Fsp3) is 0.667. The summed E-state index contributed by atoms with van der Waals surface area (Å²) in [4.78, 5) is 16.5. The molecule has 20 heavy (non-hydrogen) atoms. The second-order valence-electron chi connectivity index (χ2n) is 5.41. The summed E-state index contributed by atoms with van der Waals surface area (Å²) < 4.78 is 5.31. The summed E-state index contributed by atoms with van der Waals surface area (Å²) in [5.41, 5.74) is 0. The van der Waals surface area contributed by atoms with E-state index in [9.17, 15) is 9.90 Å². The van der Waals surface area contributed by atoms with E-state index in [1.807, 2.05) is 19.2 Å². The molecule has 0 radical (unpaired) electrons. The second kappa shape index (κ2) is 7.45. The molecule has 0 aliphatic carbocycles. The first-order valence-electron chi connectivity index (χ1n) is 7.34. The van der Waals surface area contributed by atoms with Crippen LogP contribution < -0.4 is 0 Å². The van der Waals surface area contributed by atoms with Crippen molar-refractivity contribution >= 4 is 5.91 Å². The van der Waals surface area contributed by atoms with Gasteiger partial charge in [0.25, 0.3) is 0 Å². The summed E-state index contributed by atoms with van der Waals surface area (Å²) in [6.07, 6.45) is 5.93. The van der Waals surface area contributed by atoms with Gasteiger partial charge in [-0.15, -0.1) is 0 Å². The maximum absolute atomic E-state index is 12.7. The van der Waals surface area contributed by atoms with Gasteiger partial charge in [0, 0.05) is 6.54 Å². The molecule has 1 saturated heterocycles. The smallest absolute Gasteiger partial charge is 0.240 e. The third-order valence-corrected chi connectivity index (χ3v) is 3.91. The molecule has 1 aliphatic heterocycles. The van der Waals surface area contributed by atoms with Crippen LogP contribution in [0.5, 0.6) is 0 Å². The quantitative estimate of drug-likeness (QED) is 0.887. The Balaban J connectivity index is 2.04. The van der Waals surface area contributed by atoms with Gasteiger partial charge in [0.05, 0.1) is 25.5 Å². The molecule has 5 heteroatoms. The van der Waals surface area contributed by atoms with Gasteiger partial charge in [0.1, 0.15) is 5.76 Å². The van der Waals surface area contributed by atoms with Crippen molar-refractivity contribution in [3.63, 3.8) is 0 Å². The summed E-state index contributed by atoms with van der Waals surface area (Å²) in [7, 11) is 2.01. The molecular formula is C15H24N2O3. The van der Waals surface area contributed by atoms with Crippen LogP contribution in [0.25, 0.3) is 0 Å².